The summed E-state index contributed by atoms with van der Waals surface area (Å²) in [7, 11) is 7.55. The molecule has 0 aromatic heterocycles. The highest BCUT2D eigenvalue weighted by molar-refractivity contribution is 6.31. The molecular formula is C45H49NO16. The van der Waals surface area contributed by atoms with Crippen LogP contribution in [-0.4, -0.2) is 120 Å². The van der Waals surface area contributed by atoms with Crippen LogP contribution in [0.25, 0.3) is 12.2 Å². The third kappa shape index (κ3) is 8.37. The maximum absolute atomic E-state index is 13.6. The van der Waals surface area contributed by atoms with E-state index in [2.05, 4.69) is 0 Å². The first-order chi connectivity index (χ1) is 29.5. The minimum absolute atomic E-state index is 0.0173. The molecule has 4 aromatic rings. The molecule has 330 valence electrons. The van der Waals surface area contributed by atoms with Crippen molar-refractivity contribution in [3.63, 3.8) is 0 Å². The molecule has 4 aromatic carbocycles. The standard InChI is InChI=1S/C27H29NO11.C18H20O5/c1-10-22(31)13(28)6-17(38-10)39-15-8-27(36,16(30)9-29)7-12-19(15)26(35)21-20(24(12)33)23(32)11-4-3-5-14(37-2)18(11)25(21)34;1-20-15-8-7-12(9-14(15)19)5-6-13-10-16(21-2)18(23-4)17(11-13)22-3/h3-5,10,13,15,17,22,29,31,33,35-36H,6-9,28H2,1-2H3;5-11,19H,1-4H3/b;6-5-/t10-,13-,15-,17-,22+,27-;/m0./s1. The van der Waals surface area contributed by atoms with E-state index in [0.29, 0.717) is 23.0 Å². The molecule has 1 aliphatic heterocycles. The number of methoxy groups -OCH3 is 5. The lowest BCUT2D eigenvalue weighted by Crippen LogP contribution is -2.53. The second-order valence-electron chi connectivity index (χ2n) is 14.9. The lowest BCUT2D eigenvalue weighted by atomic mass is 9.72. The predicted molar refractivity (Wildman–Crippen MR) is 221 cm³/mol. The molecule has 0 unspecified atom stereocenters. The second kappa shape index (κ2) is 18.4. The van der Waals surface area contributed by atoms with Gasteiger partial charge >= 0.3 is 0 Å². The quantitative estimate of drug-likeness (QED) is 0.0739. The molecule has 1 saturated heterocycles. The number of Topliss-reactive ketones (excluding diaryl/α,β-unsaturated/α-hetero) is 1. The summed E-state index contributed by atoms with van der Waals surface area (Å²) in [6, 6.07) is 12.5. The lowest BCUT2D eigenvalue weighted by molar-refractivity contribution is -0.247. The van der Waals surface area contributed by atoms with Crippen LogP contribution >= 0.6 is 0 Å². The Morgan fingerprint density at radius 2 is 1.45 bits per heavy atom. The van der Waals surface area contributed by atoms with Crippen LogP contribution in [0.1, 0.15) is 80.0 Å². The van der Waals surface area contributed by atoms with Crippen molar-refractivity contribution in [3.05, 3.63) is 93.0 Å². The Morgan fingerprint density at radius 1 is 0.823 bits per heavy atom. The summed E-state index contributed by atoms with van der Waals surface area (Å²) in [4.78, 5) is 39.7. The Balaban J connectivity index is 0.000000238. The number of ketones is 3. The number of fused-ring (bicyclic) bond motifs is 3. The number of nitrogens with two attached hydrogens (primary N) is 1. The number of carbonyl (C=O) groups excluding carboxylic acids is 3. The van der Waals surface area contributed by atoms with Crippen molar-refractivity contribution in [1.82, 2.24) is 0 Å². The molecule has 1 heterocycles. The van der Waals surface area contributed by atoms with Gasteiger partial charge in [0.1, 0.15) is 29.5 Å². The van der Waals surface area contributed by atoms with Gasteiger partial charge in [0.15, 0.2) is 40.9 Å². The van der Waals surface area contributed by atoms with Crippen molar-refractivity contribution in [2.45, 2.75) is 62.4 Å². The SMILES string of the molecule is COc1ccc(/C=C\c2cc(OC)c(OC)c(OC)c2)cc1O.COc1cccc2c1C(=O)c1c(O)c3c(c(O)c1C2=O)C[C@@](O)(C(=O)CO)C[C@@H]3O[C@H]1C[C@H](N)[C@H](O)[C@H](C)O1. The van der Waals surface area contributed by atoms with Crippen LogP contribution in [-0.2, 0) is 20.7 Å². The maximum atomic E-state index is 13.6. The number of hydrogen-bond donors (Lipinski definition) is 7. The van der Waals surface area contributed by atoms with E-state index in [1.54, 1.807) is 40.4 Å². The number of aliphatic hydroxyl groups excluding tert-OH is 2. The van der Waals surface area contributed by atoms with E-state index < -0.39 is 95.7 Å². The van der Waals surface area contributed by atoms with Crippen molar-refractivity contribution >= 4 is 29.5 Å². The van der Waals surface area contributed by atoms with Gasteiger partial charge in [-0.3, -0.25) is 14.4 Å². The normalized spacial score (nSPS) is 22.7. The summed E-state index contributed by atoms with van der Waals surface area (Å²) in [5.74, 6) is -1.51. The van der Waals surface area contributed by atoms with E-state index in [9.17, 15) is 45.0 Å². The number of carbonyl (C=O) groups is 3. The Bertz CT molecular complexity index is 2370. The van der Waals surface area contributed by atoms with Crippen molar-refractivity contribution in [2.75, 3.05) is 42.2 Å². The summed E-state index contributed by atoms with van der Waals surface area (Å²) in [6.45, 7) is 0.560. The number of ether oxygens (including phenoxy) is 7. The Morgan fingerprint density at radius 3 is 2.03 bits per heavy atom. The van der Waals surface area contributed by atoms with Crippen LogP contribution < -0.4 is 29.4 Å². The number of rotatable bonds is 11. The van der Waals surface area contributed by atoms with E-state index in [-0.39, 0.29) is 40.2 Å². The van der Waals surface area contributed by atoms with Gasteiger partial charge in [-0.25, -0.2) is 0 Å². The third-order valence-corrected chi connectivity index (χ3v) is 11.2. The van der Waals surface area contributed by atoms with Crippen LogP contribution in [0.5, 0.6) is 46.0 Å². The third-order valence-electron chi connectivity index (χ3n) is 11.2. The molecule has 0 bridgehead atoms. The van der Waals surface area contributed by atoms with Crippen LogP contribution in [0.2, 0.25) is 0 Å². The fourth-order valence-corrected chi connectivity index (χ4v) is 7.95. The van der Waals surface area contributed by atoms with Crippen molar-refractivity contribution in [3.8, 4) is 46.0 Å². The second-order valence-corrected chi connectivity index (χ2v) is 14.9. The highest BCUT2D eigenvalue weighted by Gasteiger charge is 2.50. The van der Waals surface area contributed by atoms with Crippen molar-refractivity contribution in [1.29, 1.82) is 0 Å². The van der Waals surface area contributed by atoms with Gasteiger partial charge in [0.25, 0.3) is 0 Å². The molecule has 3 aliphatic rings. The first-order valence-corrected chi connectivity index (χ1v) is 19.4. The van der Waals surface area contributed by atoms with E-state index >= 15 is 0 Å². The molecule has 6 atom stereocenters. The van der Waals surface area contributed by atoms with E-state index in [0.717, 1.165) is 11.1 Å². The topological polar surface area (TPSA) is 263 Å². The molecule has 17 heteroatoms. The molecule has 17 nitrogen and oxygen atoms in total. The van der Waals surface area contributed by atoms with Crippen LogP contribution in [0.3, 0.4) is 0 Å². The van der Waals surface area contributed by atoms with Gasteiger partial charge < -0.3 is 69.5 Å². The highest BCUT2D eigenvalue weighted by atomic mass is 16.7. The zero-order valence-electron chi connectivity index (χ0n) is 34.8. The zero-order valence-corrected chi connectivity index (χ0v) is 34.8. The van der Waals surface area contributed by atoms with Crippen molar-refractivity contribution < 1.29 is 78.2 Å². The molecule has 62 heavy (non-hydrogen) atoms. The first kappa shape index (κ1) is 45.3. The average molecular weight is 860 g/mol. The Hall–Kier alpha value is -6.21. The minimum atomic E-state index is -2.24. The monoisotopic (exact) mass is 859 g/mol. The summed E-state index contributed by atoms with van der Waals surface area (Å²) < 4.78 is 38.0. The summed E-state index contributed by atoms with van der Waals surface area (Å²) >= 11 is 0. The van der Waals surface area contributed by atoms with E-state index in [1.165, 1.54) is 32.4 Å². The molecule has 8 N–H and O–H groups in total. The number of hydrogen-bond acceptors (Lipinski definition) is 17. The number of benzene rings is 4. The largest absolute Gasteiger partial charge is 0.507 e. The van der Waals surface area contributed by atoms with Gasteiger partial charge in [-0.05, 0) is 48.4 Å². The zero-order chi connectivity index (χ0) is 45.2. The fraction of sp³-hybridized carbons (Fsp3) is 0.356. The van der Waals surface area contributed by atoms with Gasteiger partial charge in [-0.15, -0.1) is 0 Å². The minimum Gasteiger partial charge on any atom is -0.507 e. The molecule has 0 saturated carbocycles. The summed E-state index contributed by atoms with van der Waals surface area (Å²) in [5, 5.41) is 63.5. The van der Waals surface area contributed by atoms with Gasteiger partial charge in [-0.2, -0.15) is 0 Å². The Labute approximate surface area is 356 Å². The summed E-state index contributed by atoms with van der Waals surface area (Å²) in [6.07, 6.45) is -1.35. The van der Waals surface area contributed by atoms with Crippen LogP contribution in [0, 0.1) is 0 Å². The summed E-state index contributed by atoms with van der Waals surface area (Å²) in [5.41, 5.74) is 4.10. The molecule has 0 radical (unpaired) electrons. The molecule has 0 spiro atoms. The van der Waals surface area contributed by atoms with Gasteiger partial charge in [0.05, 0.1) is 70.6 Å². The number of phenols is 3. The predicted octanol–water partition coefficient (Wildman–Crippen LogP) is 3.60. The smallest absolute Gasteiger partial charge is 0.203 e. The lowest BCUT2D eigenvalue weighted by Gasteiger charge is -2.42. The van der Waals surface area contributed by atoms with Crippen LogP contribution in [0.15, 0.2) is 48.5 Å². The average Bonchev–Trinajstić information content (AvgIpc) is 3.26. The van der Waals surface area contributed by atoms with Gasteiger partial charge in [0, 0.05) is 42.0 Å². The number of phenolic OH excluding ortho intramolecular Hbond substituents is 3. The Kier molecular flexibility index (Phi) is 13.5. The first-order valence-electron chi connectivity index (χ1n) is 19.4. The molecular weight excluding hydrogens is 810 g/mol. The van der Waals surface area contributed by atoms with Gasteiger partial charge in [0.2, 0.25) is 11.5 Å². The number of aromatic hydroxyl groups is 3. The van der Waals surface area contributed by atoms with Gasteiger partial charge in [-0.1, -0.05) is 30.4 Å². The molecule has 1 fully saturated rings. The highest BCUT2D eigenvalue weighted by Crippen LogP contribution is 2.52. The fourth-order valence-electron chi connectivity index (χ4n) is 7.95. The van der Waals surface area contributed by atoms with Crippen molar-refractivity contribution in [2.24, 2.45) is 5.73 Å². The van der Waals surface area contributed by atoms with E-state index in [4.69, 9.17) is 38.9 Å². The maximum Gasteiger partial charge on any atom is 0.203 e. The van der Waals surface area contributed by atoms with E-state index in [1.807, 2.05) is 30.4 Å². The molecule has 2 aliphatic carbocycles. The molecule has 7 rings (SSSR count). The number of aliphatic hydroxyl groups is 3. The van der Waals surface area contributed by atoms with Crippen LogP contribution in [0.4, 0.5) is 0 Å². The molecule has 0 amide bonds.